The molecule has 2 aromatic rings. The van der Waals surface area contributed by atoms with E-state index < -0.39 is 16.0 Å². The Hall–Kier alpha value is -2.52. The third kappa shape index (κ3) is 4.73. The topological polar surface area (TPSA) is 92.8 Å². The van der Waals surface area contributed by atoms with Crippen molar-refractivity contribution in [2.24, 2.45) is 0 Å². The van der Waals surface area contributed by atoms with Crippen LogP contribution >= 0.6 is 11.8 Å². The highest BCUT2D eigenvalue weighted by Gasteiger charge is 2.27. The van der Waals surface area contributed by atoms with E-state index in [4.69, 9.17) is 4.74 Å². The number of carbonyl (C=O) groups excluding carboxylic acids is 2. The highest BCUT2D eigenvalue weighted by molar-refractivity contribution is 8.00. The molecule has 1 N–H and O–H groups in total. The van der Waals surface area contributed by atoms with E-state index in [1.54, 1.807) is 29.7 Å². The quantitative estimate of drug-likeness (QED) is 0.724. The second-order valence-corrected chi connectivity index (χ2v) is 9.75. The first-order chi connectivity index (χ1) is 13.7. The molecule has 1 amide bonds. The Morgan fingerprint density at radius 3 is 2.52 bits per heavy atom. The number of rotatable bonds is 5. The zero-order valence-electron chi connectivity index (χ0n) is 16.3. The van der Waals surface area contributed by atoms with Gasteiger partial charge in [0.1, 0.15) is 0 Å². The second-order valence-electron chi connectivity index (χ2n) is 6.59. The van der Waals surface area contributed by atoms with Gasteiger partial charge in [-0.15, -0.1) is 11.8 Å². The maximum atomic E-state index is 12.8. The lowest BCUT2D eigenvalue weighted by molar-refractivity contribution is -0.116. The fourth-order valence-electron chi connectivity index (χ4n) is 2.99. The Bertz CT molecular complexity index is 1040. The van der Waals surface area contributed by atoms with Crippen LogP contribution in [0.25, 0.3) is 0 Å². The number of hydrogen-bond acceptors (Lipinski definition) is 6. The minimum Gasteiger partial charge on any atom is -0.462 e. The Morgan fingerprint density at radius 1 is 1.21 bits per heavy atom. The first-order valence-corrected chi connectivity index (χ1v) is 11.5. The first-order valence-electron chi connectivity index (χ1n) is 9.10. The highest BCUT2D eigenvalue weighted by atomic mass is 32.2. The first kappa shape index (κ1) is 21.2. The van der Waals surface area contributed by atoms with Crippen LogP contribution in [0, 0.1) is 0 Å². The number of benzene rings is 2. The fraction of sp³-hybridized carbons (Fsp3) is 0.300. The van der Waals surface area contributed by atoms with Crippen molar-refractivity contribution in [1.82, 2.24) is 0 Å². The summed E-state index contributed by atoms with van der Waals surface area (Å²) in [5, 5.41) is 0.227. The minimum atomic E-state index is -3.87. The molecule has 3 rings (SSSR count). The number of nitrogens with zero attached hydrogens (tertiary/aromatic N) is 1. The summed E-state index contributed by atoms with van der Waals surface area (Å²) in [6, 6.07) is 10.8. The fourth-order valence-corrected chi connectivity index (χ4v) is 5.16. The molecule has 2 aromatic carbocycles. The van der Waals surface area contributed by atoms with Crippen molar-refractivity contribution in [2.45, 2.75) is 35.8 Å². The van der Waals surface area contributed by atoms with Crippen molar-refractivity contribution < 1.29 is 22.7 Å². The SMILES string of the molecule is CCOC(=O)c1ccc(NS(=O)(=O)c2ccc3c(c2)N(C(C)=O)C[C@@H](C)S3)cc1. The van der Waals surface area contributed by atoms with Crippen LogP contribution in [0.5, 0.6) is 0 Å². The number of sulfonamides is 1. The van der Waals surface area contributed by atoms with Crippen molar-refractivity contribution in [3.63, 3.8) is 0 Å². The van der Waals surface area contributed by atoms with Gasteiger partial charge in [0.05, 0.1) is 22.8 Å². The predicted molar refractivity (Wildman–Crippen MR) is 113 cm³/mol. The minimum absolute atomic E-state index is 0.0622. The standard InChI is InChI=1S/C20H22N2O5S2/c1-4-27-20(24)15-5-7-16(8-6-15)21-29(25,26)17-9-10-19-18(11-17)22(14(3)23)12-13(2)28-19/h5-11,13,21H,4,12H2,1-3H3/t13-/m1/s1. The van der Waals surface area contributed by atoms with Crippen molar-refractivity contribution in [3.05, 3.63) is 48.0 Å². The molecule has 1 heterocycles. The predicted octanol–water partition coefficient (Wildman–Crippen LogP) is 3.51. The van der Waals surface area contributed by atoms with Gasteiger partial charge in [-0.05, 0) is 49.4 Å². The van der Waals surface area contributed by atoms with E-state index in [9.17, 15) is 18.0 Å². The zero-order chi connectivity index (χ0) is 21.2. The molecule has 1 aliphatic rings. The molecular formula is C20H22N2O5S2. The Balaban J connectivity index is 1.86. The van der Waals surface area contributed by atoms with Gasteiger partial charge >= 0.3 is 5.97 Å². The highest BCUT2D eigenvalue weighted by Crippen LogP contribution is 2.39. The number of fused-ring (bicyclic) bond motifs is 1. The van der Waals surface area contributed by atoms with Crippen LogP contribution in [0.2, 0.25) is 0 Å². The third-order valence-corrected chi connectivity index (χ3v) is 6.86. The van der Waals surface area contributed by atoms with Crippen molar-refractivity contribution in [2.75, 3.05) is 22.8 Å². The van der Waals surface area contributed by atoms with Crippen LogP contribution in [0.4, 0.5) is 11.4 Å². The number of hydrogen-bond donors (Lipinski definition) is 1. The number of thioether (sulfide) groups is 1. The summed E-state index contributed by atoms with van der Waals surface area (Å²) in [4.78, 5) is 26.3. The second kappa shape index (κ2) is 8.46. The maximum absolute atomic E-state index is 12.8. The molecule has 29 heavy (non-hydrogen) atoms. The summed E-state index contributed by atoms with van der Waals surface area (Å²) in [6.45, 7) is 6.00. The van der Waals surface area contributed by atoms with Gasteiger partial charge in [-0.25, -0.2) is 13.2 Å². The number of esters is 1. The number of carbonyl (C=O) groups is 2. The van der Waals surface area contributed by atoms with Gasteiger partial charge in [-0.2, -0.15) is 0 Å². The Morgan fingerprint density at radius 2 is 1.90 bits per heavy atom. The smallest absolute Gasteiger partial charge is 0.338 e. The molecule has 1 aliphatic heterocycles. The van der Waals surface area contributed by atoms with Crippen molar-refractivity contribution in [1.29, 1.82) is 0 Å². The van der Waals surface area contributed by atoms with E-state index >= 15 is 0 Å². The van der Waals surface area contributed by atoms with Crippen LogP contribution in [-0.2, 0) is 19.6 Å². The van der Waals surface area contributed by atoms with Crippen molar-refractivity contribution >= 4 is 45.0 Å². The average molecular weight is 435 g/mol. The monoisotopic (exact) mass is 434 g/mol. The molecule has 0 radical (unpaired) electrons. The molecule has 1 atom stereocenters. The summed E-state index contributed by atoms with van der Waals surface area (Å²) >= 11 is 1.61. The van der Waals surface area contributed by atoms with Gasteiger partial charge in [0, 0.05) is 29.3 Å². The third-order valence-electron chi connectivity index (χ3n) is 4.33. The molecule has 9 heteroatoms. The summed E-state index contributed by atoms with van der Waals surface area (Å²) in [5.41, 5.74) is 1.26. The van der Waals surface area contributed by atoms with Crippen LogP contribution in [0.1, 0.15) is 31.1 Å². The number of anilines is 2. The Kier molecular flexibility index (Phi) is 6.18. The molecule has 0 spiro atoms. The van der Waals surface area contributed by atoms with Gasteiger partial charge in [-0.3, -0.25) is 9.52 Å². The van der Waals surface area contributed by atoms with Crippen LogP contribution < -0.4 is 9.62 Å². The summed E-state index contributed by atoms with van der Waals surface area (Å²) < 4.78 is 33.1. The van der Waals surface area contributed by atoms with Gasteiger partial charge in [0.15, 0.2) is 0 Å². The Labute approximate surface area is 174 Å². The van der Waals surface area contributed by atoms with E-state index in [-0.39, 0.29) is 22.7 Å². The molecule has 0 fully saturated rings. The van der Waals surface area contributed by atoms with E-state index in [2.05, 4.69) is 4.72 Å². The normalized spacial score (nSPS) is 16.1. The molecule has 0 bridgehead atoms. The molecule has 0 aliphatic carbocycles. The number of ether oxygens (including phenoxy) is 1. The van der Waals surface area contributed by atoms with Gasteiger partial charge in [0.2, 0.25) is 5.91 Å². The van der Waals surface area contributed by atoms with Crippen LogP contribution in [0.3, 0.4) is 0 Å². The summed E-state index contributed by atoms with van der Waals surface area (Å²) in [6.07, 6.45) is 0. The largest absolute Gasteiger partial charge is 0.462 e. The lowest BCUT2D eigenvalue weighted by Crippen LogP contribution is -2.37. The average Bonchev–Trinajstić information content (AvgIpc) is 2.67. The number of nitrogens with one attached hydrogen (secondary N) is 1. The zero-order valence-corrected chi connectivity index (χ0v) is 18.0. The van der Waals surface area contributed by atoms with Crippen LogP contribution in [-0.4, -0.2) is 38.7 Å². The molecule has 154 valence electrons. The van der Waals surface area contributed by atoms with E-state index in [0.29, 0.717) is 23.5 Å². The molecule has 0 aromatic heterocycles. The lowest BCUT2D eigenvalue weighted by Gasteiger charge is -2.32. The van der Waals surface area contributed by atoms with Crippen LogP contribution in [0.15, 0.2) is 52.3 Å². The van der Waals surface area contributed by atoms with Crippen molar-refractivity contribution in [3.8, 4) is 0 Å². The van der Waals surface area contributed by atoms with E-state index in [0.717, 1.165) is 4.90 Å². The molecule has 0 saturated heterocycles. The maximum Gasteiger partial charge on any atom is 0.338 e. The molecule has 0 saturated carbocycles. The lowest BCUT2D eigenvalue weighted by atomic mass is 10.2. The summed E-state index contributed by atoms with van der Waals surface area (Å²) in [5.74, 6) is -0.594. The molecule has 7 nitrogen and oxygen atoms in total. The van der Waals surface area contributed by atoms with E-state index in [1.165, 1.54) is 43.3 Å². The van der Waals surface area contributed by atoms with Gasteiger partial charge in [-0.1, -0.05) is 6.92 Å². The van der Waals surface area contributed by atoms with Gasteiger partial charge in [0.25, 0.3) is 10.0 Å². The molecule has 0 unspecified atom stereocenters. The number of amides is 1. The summed E-state index contributed by atoms with van der Waals surface area (Å²) in [7, 11) is -3.87. The van der Waals surface area contributed by atoms with Gasteiger partial charge < -0.3 is 9.64 Å². The molecular weight excluding hydrogens is 412 g/mol. The van der Waals surface area contributed by atoms with E-state index in [1.807, 2.05) is 6.92 Å².